The summed E-state index contributed by atoms with van der Waals surface area (Å²) in [6.07, 6.45) is 0. The third-order valence-corrected chi connectivity index (χ3v) is 10.4. The Morgan fingerprint density at radius 3 is 1.69 bits per heavy atom. The van der Waals surface area contributed by atoms with Gasteiger partial charge in [-0.25, -0.2) is 0 Å². The van der Waals surface area contributed by atoms with Gasteiger partial charge in [-0.3, -0.25) is 0 Å². The fourth-order valence-electron chi connectivity index (χ4n) is 7.99. The van der Waals surface area contributed by atoms with E-state index in [2.05, 4.69) is 216 Å². The van der Waals surface area contributed by atoms with Gasteiger partial charge < -0.3 is 9.47 Å². The molecule has 0 fully saturated rings. The Hall–Kier alpha value is -6.90. The number of aromatic nitrogens is 1. The topological polar surface area (TPSA) is 8.17 Å². The number of nitrogens with zero attached hydrogens (tertiary/aromatic N) is 2. The van der Waals surface area contributed by atoms with E-state index in [4.69, 9.17) is 0 Å². The molecule has 10 aromatic rings. The van der Waals surface area contributed by atoms with Crippen molar-refractivity contribution in [3.63, 3.8) is 0 Å². The SMILES string of the molecule is c1ccc(-c2cc(N(c3ccc4ccccc4c3)c3cccc4ccccc34)ccc2-c2ccccc2-n2c3ccccc3c3ccccc32)cc1. The minimum Gasteiger partial charge on any atom is -0.310 e. The van der Waals surface area contributed by atoms with Crippen LogP contribution in [0.15, 0.2) is 206 Å². The molecule has 0 aliphatic rings. The quantitative estimate of drug-likeness (QED) is 0.172. The van der Waals surface area contributed by atoms with Crippen LogP contribution < -0.4 is 4.90 Å². The zero-order valence-electron chi connectivity index (χ0n) is 28.5. The summed E-state index contributed by atoms with van der Waals surface area (Å²) in [5.41, 5.74) is 11.6. The lowest BCUT2D eigenvalue weighted by atomic mass is 9.92. The number of para-hydroxylation sites is 3. The Kier molecular flexibility index (Phi) is 7.18. The summed E-state index contributed by atoms with van der Waals surface area (Å²) < 4.78 is 2.43. The van der Waals surface area contributed by atoms with Crippen LogP contribution in [0.1, 0.15) is 0 Å². The van der Waals surface area contributed by atoms with E-state index in [0.29, 0.717) is 0 Å². The van der Waals surface area contributed by atoms with Gasteiger partial charge in [-0.15, -0.1) is 0 Å². The molecule has 0 aliphatic heterocycles. The number of benzene rings is 9. The fourth-order valence-corrected chi connectivity index (χ4v) is 7.99. The smallest absolute Gasteiger partial charge is 0.0541 e. The van der Waals surface area contributed by atoms with E-state index in [1.807, 2.05) is 0 Å². The van der Waals surface area contributed by atoms with E-state index < -0.39 is 0 Å². The molecular formula is C50H34N2. The van der Waals surface area contributed by atoms with Gasteiger partial charge in [0.05, 0.1) is 22.4 Å². The lowest BCUT2D eigenvalue weighted by Crippen LogP contribution is -2.11. The first-order valence-electron chi connectivity index (χ1n) is 17.9. The van der Waals surface area contributed by atoms with Crippen molar-refractivity contribution in [2.75, 3.05) is 4.90 Å². The van der Waals surface area contributed by atoms with Crippen molar-refractivity contribution in [1.82, 2.24) is 4.57 Å². The summed E-state index contributed by atoms with van der Waals surface area (Å²) in [5, 5.41) is 7.38. The Morgan fingerprint density at radius 1 is 0.327 bits per heavy atom. The number of hydrogen-bond acceptors (Lipinski definition) is 1. The van der Waals surface area contributed by atoms with E-state index >= 15 is 0 Å². The highest BCUT2D eigenvalue weighted by atomic mass is 15.1. The van der Waals surface area contributed by atoms with Crippen molar-refractivity contribution in [2.45, 2.75) is 0 Å². The normalized spacial score (nSPS) is 11.5. The van der Waals surface area contributed by atoms with Crippen molar-refractivity contribution in [3.05, 3.63) is 206 Å². The molecule has 0 radical (unpaired) electrons. The Bertz CT molecular complexity index is 2860. The molecule has 0 spiro atoms. The second-order valence-corrected chi connectivity index (χ2v) is 13.3. The van der Waals surface area contributed by atoms with Crippen molar-refractivity contribution in [3.8, 4) is 27.9 Å². The molecule has 1 aromatic heterocycles. The number of hydrogen-bond donors (Lipinski definition) is 0. The van der Waals surface area contributed by atoms with Crippen LogP contribution >= 0.6 is 0 Å². The molecule has 0 N–H and O–H groups in total. The lowest BCUT2D eigenvalue weighted by molar-refractivity contribution is 1.18. The molecular weight excluding hydrogens is 629 g/mol. The molecule has 0 saturated carbocycles. The van der Waals surface area contributed by atoms with Crippen LogP contribution in [0.25, 0.3) is 71.3 Å². The Balaban J connectivity index is 1.24. The zero-order valence-corrected chi connectivity index (χ0v) is 28.5. The maximum absolute atomic E-state index is 2.43. The zero-order chi connectivity index (χ0) is 34.4. The summed E-state index contributed by atoms with van der Waals surface area (Å²) in [6, 6.07) is 74.8. The van der Waals surface area contributed by atoms with Gasteiger partial charge in [-0.2, -0.15) is 0 Å². The summed E-state index contributed by atoms with van der Waals surface area (Å²) >= 11 is 0. The summed E-state index contributed by atoms with van der Waals surface area (Å²) in [6.45, 7) is 0. The van der Waals surface area contributed by atoms with Gasteiger partial charge in [0.15, 0.2) is 0 Å². The van der Waals surface area contributed by atoms with Gasteiger partial charge in [0.2, 0.25) is 0 Å². The molecule has 0 unspecified atom stereocenters. The standard InChI is InChI=1S/C50H34N2/c1-2-16-37(17-3-1)46-34-40(51(39-30-29-35-15-4-5-19-38(35)33-39)47-28-14-20-36-18-6-7-21-41(36)47)31-32-42(46)43-22-8-11-25-48(43)52-49-26-12-9-23-44(49)45-24-10-13-27-50(45)52/h1-34H. The highest BCUT2D eigenvalue weighted by molar-refractivity contribution is 6.10. The molecule has 10 rings (SSSR count). The van der Waals surface area contributed by atoms with Gasteiger partial charge in [-0.1, -0.05) is 158 Å². The summed E-state index contributed by atoms with van der Waals surface area (Å²) in [5.74, 6) is 0. The van der Waals surface area contributed by atoms with E-state index in [-0.39, 0.29) is 0 Å². The number of fused-ring (bicyclic) bond motifs is 5. The molecule has 0 saturated heterocycles. The minimum absolute atomic E-state index is 1.10. The first-order chi connectivity index (χ1) is 25.8. The third-order valence-electron chi connectivity index (χ3n) is 10.4. The first kappa shape index (κ1) is 30.0. The van der Waals surface area contributed by atoms with Gasteiger partial charge in [0.1, 0.15) is 0 Å². The van der Waals surface area contributed by atoms with Crippen LogP contribution in [-0.2, 0) is 0 Å². The highest BCUT2D eigenvalue weighted by Crippen LogP contribution is 2.45. The molecule has 52 heavy (non-hydrogen) atoms. The van der Waals surface area contributed by atoms with E-state index in [1.165, 1.54) is 65.6 Å². The van der Waals surface area contributed by atoms with Gasteiger partial charge in [-0.05, 0) is 81.4 Å². The largest absolute Gasteiger partial charge is 0.310 e. The first-order valence-corrected chi connectivity index (χ1v) is 17.9. The molecule has 2 heteroatoms. The number of anilines is 3. The second-order valence-electron chi connectivity index (χ2n) is 13.3. The van der Waals surface area contributed by atoms with Crippen molar-refractivity contribution >= 4 is 60.4 Å². The maximum Gasteiger partial charge on any atom is 0.0541 e. The average molecular weight is 663 g/mol. The summed E-state index contributed by atoms with van der Waals surface area (Å²) in [7, 11) is 0. The van der Waals surface area contributed by atoms with Crippen molar-refractivity contribution in [2.24, 2.45) is 0 Å². The van der Waals surface area contributed by atoms with Crippen LogP contribution in [0.2, 0.25) is 0 Å². The Morgan fingerprint density at radius 2 is 0.904 bits per heavy atom. The molecule has 244 valence electrons. The van der Waals surface area contributed by atoms with E-state index in [9.17, 15) is 0 Å². The van der Waals surface area contributed by atoms with Crippen LogP contribution in [0.3, 0.4) is 0 Å². The Labute approximate surface area is 303 Å². The minimum atomic E-state index is 1.10. The van der Waals surface area contributed by atoms with Gasteiger partial charge in [0, 0.05) is 33.1 Å². The lowest BCUT2D eigenvalue weighted by Gasteiger charge is -2.28. The number of rotatable bonds is 6. The van der Waals surface area contributed by atoms with E-state index in [0.717, 1.165) is 22.7 Å². The van der Waals surface area contributed by atoms with Gasteiger partial charge in [0.25, 0.3) is 0 Å². The molecule has 0 aliphatic carbocycles. The maximum atomic E-state index is 2.43. The average Bonchev–Trinajstić information content (AvgIpc) is 3.55. The molecule has 0 bridgehead atoms. The van der Waals surface area contributed by atoms with Gasteiger partial charge >= 0.3 is 0 Å². The molecule has 9 aromatic carbocycles. The highest BCUT2D eigenvalue weighted by Gasteiger charge is 2.21. The molecule has 2 nitrogen and oxygen atoms in total. The molecule has 1 heterocycles. The van der Waals surface area contributed by atoms with Crippen LogP contribution in [-0.4, -0.2) is 4.57 Å². The third kappa shape index (κ3) is 4.96. The fraction of sp³-hybridized carbons (Fsp3) is 0. The molecule has 0 atom stereocenters. The molecule has 0 amide bonds. The van der Waals surface area contributed by atoms with E-state index in [1.54, 1.807) is 0 Å². The van der Waals surface area contributed by atoms with Crippen LogP contribution in [0.5, 0.6) is 0 Å². The predicted molar refractivity (Wildman–Crippen MR) is 221 cm³/mol. The predicted octanol–water partition coefficient (Wildman–Crippen LogP) is 13.9. The summed E-state index contributed by atoms with van der Waals surface area (Å²) in [4.78, 5) is 2.42. The second kappa shape index (κ2) is 12.5. The van der Waals surface area contributed by atoms with Crippen molar-refractivity contribution < 1.29 is 0 Å². The van der Waals surface area contributed by atoms with Crippen molar-refractivity contribution in [1.29, 1.82) is 0 Å². The monoisotopic (exact) mass is 662 g/mol. The van der Waals surface area contributed by atoms with Crippen LogP contribution in [0.4, 0.5) is 17.1 Å². The van der Waals surface area contributed by atoms with Crippen LogP contribution in [0, 0.1) is 0 Å².